The van der Waals surface area contributed by atoms with Crippen LogP contribution in [0.4, 0.5) is 5.69 Å². The number of fused-ring (bicyclic) bond motifs is 1. The Hall–Kier alpha value is -2.07. The van der Waals surface area contributed by atoms with Crippen molar-refractivity contribution in [2.45, 2.75) is 30.4 Å². The third-order valence-corrected chi connectivity index (χ3v) is 6.92. The lowest BCUT2D eigenvalue weighted by Gasteiger charge is -2.18. The van der Waals surface area contributed by atoms with Gasteiger partial charge in [0, 0.05) is 10.9 Å². The number of nitrogens with one attached hydrogen (secondary N) is 2. The van der Waals surface area contributed by atoms with Gasteiger partial charge in [0.2, 0.25) is 5.91 Å². The second kappa shape index (κ2) is 7.28. The Balaban J connectivity index is 1.59. The number of rotatable bonds is 4. The number of benzene rings is 1. The highest BCUT2D eigenvalue weighted by atomic mass is 32.2. The van der Waals surface area contributed by atoms with Crippen molar-refractivity contribution in [1.29, 1.82) is 0 Å². The van der Waals surface area contributed by atoms with E-state index in [1.807, 2.05) is 0 Å². The maximum atomic E-state index is 12.2. The van der Waals surface area contributed by atoms with Gasteiger partial charge in [-0.2, -0.15) is 0 Å². The van der Waals surface area contributed by atoms with Gasteiger partial charge in [-0.05, 0) is 31.5 Å². The molecule has 2 aliphatic heterocycles. The van der Waals surface area contributed by atoms with Crippen molar-refractivity contribution in [3.63, 3.8) is 0 Å². The molecule has 0 spiro atoms. The molecule has 1 aromatic rings. The molecule has 0 bridgehead atoms. The Bertz CT molecular complexity index is 867. The van der Waals surface area contributed by atoms with Crippen LogP contribution in [0.5, 0.6) is 0 Å². The Morgan fingerprint density at radius 3 is 2.85 bits per heavy atom. The molecule has 2 aliphatic rings. The van der Waals surface area contributed by atoms with E-state index in [1.165, 1.54) is 24.8 Å². The van der Waals surface area contributed by atoms with Gasteiger partial charge >= 0.3 is 5.97 Å². The number of hydrogen-bond acceptors (Lipinski definition) is 7. The zero-order valence-electron chi connectivity index (χ0n) is 14.0. The number of sulfone groups is 1. The van der Waals surface area contributed by atoms with E-state index in [1.54, 1.807) is 12.1 Å². The molecular weight excluding hydrogens is 380 g/mol. The van der Waals surface area contributed by atoms with Crippen molar-refractivity contribution in [2.24, 2.45) is 0 Å². The van der Waals surface area contributed by atoms with Crippen molar-refractivity contribution >= 4 is 45.1 Å². The molecule has 140 valence electrons. The zero-order chi connectivity index (χ0) is 18.9. The van der Waals surface area contributed by atoms with Crippen LogP contribution in [0.15, 0.2) is 23.1 Å². The minimum atomic E-state index is -3.11. The van der Waals surface area contributed by atoms with Gasteiger partial charge in [-0.1, -0.05) is 0 Å². The van der Waals surface area contributed by atoms with Gasteiger partial charge in [0.1, 0.15) is 0 Å². The average Bonchev–Trinajstić information content (AvgIpc) is 2.92. The first-order valence-electron chi connectivity index (χ1n) is 8.02. The fourth-order valence-corrected chi connectivity index (χ4v) is 5.18. The van der Waals surface area contributed by atoms with Gasteiger partial charge in [0.05, 0.1) is 28.5 Å². The predicted octanol–water partition coefficient (Wildman–Crippen LogP) is 0.579. The first-order chi connectivity index (χ1) is 12.2. The van der Waals surface area contributed by atoms with E-state index in [2.05, 4.69) is 10.6 Å². The number of hydrogen-bond donors (Lipinski definition) is 2. The average molecular weight is 398 g/mol. The van der Waals surface area contributed by atoms with E-state index in [0.717, 1.165) is 4.90 Å². The highest BCUT2D eigenvalue weighted by Crippen LogP contribution is 2.32. The summed E-state index contributed by atoms with van der Waals surface area (Å²) < 4.78 is 28.0. The quantitative estimate of drug-likeness (QED) is 0.712. The van der Waals surface area contributed by atoms with E-state index < -0.39 is 33.9 Å². The maximum absolute atomic E-state index is 12.2. The summed E-state index contributed by atoms with van der Waals surface area (Å²) in [5.41, 5.74) is 0.753. The zero-order valence-corrected chi connectivity index (χ0v) is 15.6. The van der Waals surface area contributed by atoms with Crippen LogP contribution in [-0.4, -0.2) is 55.6 Å². The molecule has 2 unspecified atom stereocenters. The second-order valence-electron chi connectivity index (χ2n) is 6.20. The Labute approximate surface area is 155 Å². The summed E-state index contributed by atoms with van der Waals surface area (Å²) in [4.78, 5) is 36.7. The van der Waals surface area contributed by atoms with Crippen LogP contribution in [0, 0.1) is 0 Å². The predicted molar refractivity (Wildman–Crippen MR) is 95.9 cm³/mol. The Morgan fingerprint density at radius 2 is 2.15 bits per heavy atom. The Kier molecular flexibility index (Phi) is 5.24. The first-order valence-corrected chi connectivity index (χ1v) is 10.8. The van der Waals surface area contributed by atoms with E-state index >= 15 is 0 Å². The molecule has 0 aromatic heterocycles. The van der Waals surface area contributed by atoms with Gasteiger partial charge in [-0.3, -0.25) is 9.59 Å². The largest absolute Gasteiger partial charge is 0.449 e. The lowest BCUT2D eigenvalue weighted by atomic mass is 10.2. The third kappa shape index (κ3) is 4.36. The molecule has 1 aromatic carbocycles. The van der Waals surface area contributed by atoms with Gasteiger partial charge in [-0.25, -0.2) is 13.2 Å². The number of thioether (sulfide) groups is 1. The monoisotopic (exact) mass is 398 g/mol. The highest BCUT2D eigenvalue weighted by Gasteiger charge is 2.31. The summed E-state index contributed by atoms with van der Waals surface area (Å²) in [6.45, 7) is 1.42. The minimum Gasteiger partial charge on any atom is -0.449 e. The lowest BCUT2D eigenvalue weighted by Crippen LogP contribution is -2.42. The van der Waals surface area contributed by atoms with Crippen molar-refractivity contribution in [1.82, 2.24) is 5.32 Å². The minimum absolute atomic E-state index is 0.0466. The second-order valence-corrected chi connectivity index (χ2v) is 9.45. The Morgan fingerprint density at radius 1 is 1.38 bits per heavy atom. The van der Waals surface area contributed by atoms with Gasteiger partial charge in [-0.15, -0.1) is 11.8 Å². The van der Waals surface area contributed by atoms with Crippen LogP contribution in [0.25, 0.3) is 0 Å². The van der Waals surface area contributed by atoms with Crippen LogP contribution in [-0.2, 0) is 24.2 Å². The number of carbonyl (C=O) groups excluding carboxylic acids is 3. The van der Waals surface area contributed by atoms with Crippen LogP contribution in [0.2, 0.25) is 0 Å². The molecule has 2 atom stereocenters. The van der Waals surface area contributed by atoms with E-state index in [0.29, 0.717) is 17.9 Å². The number of carbonyl (C=O) groups is 3. The molecule has 0 radical (unpaired) electrons. The van der Waals surface area contributed by atoms with Crippen LogP contribution < -0.4 is 10.6 Å². The van der Waals surface area contributed by atoms with Crippen molar-refractivity contribution in [3.8, 4) is 0 Å². The molecule has 1 fully saturated rings. The van der Waals surface area contributed by atoms with Gasteiger partial charge < -0.3 is 15.4 Å². The topological polar surface area (TPSA) is 119 Å². The van der Waals surface area contributed by atoms with Crippen LogP contribution in [0.1, 0.15) is 23.7 Å². The third-order valence-electron chi connectivity index (χ3n) is 4.08. The molecule has 2 amide bonds. The number of esters is 1. The van der Waals surface area contributed by atoms with Crippen LogP contribution >= 0.6 is 11.8 Å². The van der Waals surface area contributed by atoms with Crippen molar-refractivity contribution in [2.75, 3.05) is 22.6 Å². The maximum Gasteiger partial charge on any atom is 0.338 e. The van der Waals surface area contributed by atoms with Gasteiger partial charge in [0.15, 0.2) is 15.9 Å². The van der Waals surface area contributed by atoms with E-state index in [9.17, 15) is 22.8 Å². The summed E-state index contributed by atoms with van der Waals surface area (Å²) >= 11 is 1.38. The fourth-order valence-electron chi connectivity index (χ4n) is 2.72. The normalized spacial score (nSPS) is 22.0. The van der Waals surface area contributed by atoms with E-state index in [-0.39, 0.29) is 23.0 Å². The summed E-state index contributed by atoms with van der Waals surface area (Å²) in [6, 6.07) is 4.34. The number of ether oxygens (including phenoxy) is 1. The summed E-state index contributed by atoms with van der Waals surface area (Å²) in [5, 5.41) is 5.27. The van der Waals surface area contributed by atoms with E-state index in [4.69, 9.17) is 4.74 Å². The molecule has 8 nitrogen and oxygen atoms in total. The number of amides is 2. The van der Waals surface area contributed by atoms with Crippen molar-refractivity contribution in [3.05, 3.63) is 23.8 Å². The molecule has 2 N–H and O–H groups in total. The smallest absolute Gasteiger partial charge is 0.338 e. The highest BCUT2D eigenvalue weighted by molar-refractivity contribution is 8.00. The first kappa shape index (κ1) is 18.7. The summed E-state index contributed by atoms with van der Waals surface area (Å²) in [7, 11) is -3.11. The van der Waals surface area contributed by atoms with Gasteiger partial charge in [0.25, 0.3) is 5.91 Å². The molecule has 0 aliphatic carbocycles. The summed E-state index contributed by atoms with van der Waals surface area (Å²) in [5.74, 6) is -1.11. The standard InChI is InChI=1S/C16H18N2O6S2/c1-9(15(20)17-11-4-5-26(22,23)8-11)24-16(21)10-2-3-13-12(6-10)18-14(19)7-25-13/h2-3,6,9,11H,4-5,7-8H2,1H3,(H,17,20)(H,18,19). The molecule has 26 heavy (non-hydrogen) atoms. The van der Waals surface area contributed by atoms with Crippen molar-refractivity contribution < 1.29 is 27.5 Å². The number of anilines is 1. The summed E-state index contributed by atoms with van der Waals surface area (Å²) in [6.07, 6.45) is -0.706. The lowest BCUT2D eigenvalue weighted by molar-refractivity contribution is -0.129. The molecule has 0 saturated carbocycles. The van der Waals surface area contributed by atoms with Crippen LogP contribution in [0.3, 0.4) is 0 Å². The molecule has 10 heteroatoms. The molecule has 3 rings (SSSR count). The fraction of sp³-hybridized carbons (Fsp3) is 0.438. The molecule has 2 heterocycles. The molecule has 1 saturated heterocycles. The molecular formula is C16H18N2O6S2. The SMILES string of the molecule is CC(OC(=O)c1ccc2c(c1)NC(=O)CS2)C(=O)NC1CCS(=O)(=O)C1.